The second-order valence-corrected chi connectivity index (χ2v) is 6.67. The van der Waals surface area contributed by atoms with Crippen LogP contribution >= 0.6 is 0 Å². The third-order valence-electron chi connectivity index (χ3n) is 4.64. The third-order valence-corrected chi connectivity index (χ3v) is 4.64. The van der Waals surface area contributed by atoms with Gasteiger partial charge >= 0.3 is 0 Å². The van der Waals surface area contributed by atoms with Crippen LogP contribution in [0.5, 0.6) is 0 Å². The van der Waals surface area contributed by atoms with E-state index in [1.165, 1.54) is 6.07 Å². The molecule has 1 atom stereocenters. The average Bonchev–Trinajstić information content (AvgIpc) is 2.67. The lowest BCUT2D eigenvalue weighted by Crippen LogP contribution is -2.41. The number of halogens is 1. The quantitative estimate of drug-likeness (QED) is 0.651. The van der Waals surface area contributed by atoms with E-state index < -0.39 is 0 Å². The Balaban J connectivity index is 1.98. The number of carbonyl (C=O) groups excluding carboxylic acids is 1. The van der Waals surface area contributed by atoms with Crippen molar-refractivity contribution in [2.24, 2.45) is 0 Å². The van der Waals surface area contributed by atoms with Gasteiger partial charge in [-0.15, -0.1) is 0 Å². The zero-order valence-electron chi connectivity index (χ0n) is 15.8. The van der Waals surface area contributed by atoms with E-state index in [0.717, 1.165) is 16.5 Å². The highest BCUT2D eigenvalue weighted by atomic mass is 19.1. The van der Waals surface area contributed by atoms with E-state index in [9.17, 15) is 9.18 Å². The van der Waals surface area contributed by atoms with Crippen molar-refractivity contribution in [3.05, 3.63) is 77.2 Å². The first-order valence-corrected chi connectivity index (χ1v) is 8.91. The van der Waals surface area contributed by atoms with Crippen LogP contribution < -0.4 is 0 Å². The summed E-state index contributed by atoms with van der Waals surface area (Å²) >= 11 is 0. The minimum Gasteiger partial charge on any atom is -0.383 e. The largest absolute Gasteiger partial charge is 0.383 e. The van der Waals surface area contributed by atoms with Crippen LogP contribution in [0, 0.1) is 12.7 Å². The fourth-order valence-corrected chi connectivity index (χ4v) is 3.18. The third kappa shape index (κ3) is 4.14. The Morgan fingerprint density at radius 2 is 1.89 bits per heavy atom. The summed E-state index contributed by atoms with van der Waals surface area (Å²) in [5.74, 6) is -0.570. The van der Waals surface area contributed by atoms with Gasteiger partial charge in [0.1, 0.15) is 11.5 Å². The number of fused-ring (bicyclic) bond motifs is 1. The molecule has 1 amide bonds. The highest BCUT2D eigenvalue weighted by Crippen LogP contribution is 2.20. The molecule has 3 aromatic rings. The number of amides is 1. The molecule has 0 spiro atoms. The highest BCUT2D eigenvalue weighted by Gasteiger charge is 2.24. The predicted octanol–water partition coefficient (Wildman–Crippen LogP) is 4.36. The second-order valence-electron chi connectivity index (χ2n) is 6.67. The first kappa shape index (κ1) is 19.0. The van der Waals surface area contributed by atoms with Crippen LogP contribution in [-0.4, -0.2) is 35.5 Å². The molecule has 0 bridgehead atoms. The Kier molecular flexibility index (Phi) is 5.81. The first-order valence-electron chi connectivity index (χ1n) is 8.91. The van der Waals surface area contributed by atoms with Gasteiger partial charge in [0.25, 0.3) is 5.91 Å². The van der Waals surface area contributed by atoms with Crippen molar-refractivity contribution in [1.29, 1.82) is 0 Å². The van der Waals surface area contributed by atoms with Gasteiger partial charge in [0.2, 0.25) is 0 Å². The van der Waals surface area contributed by atoms with Crippen LogP contribution in [0.1, 0.15) is 28.5 Å². The van der Waals surface area contributed by atoms with E-state index in [2.05, 4.69) is 4.98 Å². The SMILES string of the molecule is COC[C@@H](C)N(Cc1ccccc1F)C(=O)c1cc(C)c2ccccc2n1. The van der Waals surface area contributed by atoms with Crippen LogP contribution in [0.15, 0.2) is 54.6 Å². The number of para-hydroxylation sites is 1. The summed E-state index contributed by atoms with van der Waals surface area (Å²) in [4.78, 5) is 19.4. The van der Waals surface area contributed by atoms with E-state index in [4.69, 9.17) is 4.74 Å². The maximum Gasteiger partial charge on any atom is 0.273 e. The molecule has 0 saturated heterocycles. The van der Waals surface area contributed by atoms with Gasteiger partial charge in [0, 0.05) is 24.6 Å². The van der Waals surface area contributed by atoms with Gasteiger partial charge in [-0.2, -0.15) is 0 Å². The molecule has 0 unspecified atom stereocenters. The molecule has 140 valence electrons. The van der Waals surface area contributed by atoms with E-state index in [1.807, 2.05) is 38.1 Å². The molecule has 0 aliphatic rings. The van der Waals surface area contributed by atoms with Crippen molar-refractivity contribution < 1.29 is 13.9 Å². The minimum atomic E-state index is -0.331. The molecule has 2 aromatic carbocycles. The molecular formula is C22H23FN2O2. The average molecular weight is 366 g/mol. The minimum absolute atomic E-state index is 0.156. The monoisotopic (exact) mass is 366 g/mol. The number of pyridine rings is 1. The zero-order chi connectivity index (χ0) is 19.4. The van der Waals surface area contributed by atoms with Crippen molar-refractivity contribution in [2.45, 2.75) is 26.4 Å². The summed E-state index contributed by atoms with van der Waals surface area (Å²) in [5.41, 5.74) is 2.57. The maximum atomic E-state index is 14.2. The van der Waals surface area contributed by atoms with Crippen LogP contribution in [0.4, 0.5) is 4.39 Å². The molecule has 5 heteroatoms. The Bertz CT molecular complexity index is 958. The van der Waals surface area contributed by atoms with Gasteiger partial charge in [-0.3, -0.25) is 4.79 Å². The second kappa shape index (κ2) is 8.27. The van der Waals surface area contributed by atoms with Crippen LogP contribution in [0.25, 0.3) is 10.9 Å². The molecule has 0 aliphatic carbocycles. The number of hydrogen-bond donors (Lipinski definition) is 0. The molecule has 4 nitrogen and oxygen atoms in total. The predicted molar refractivity (Wildman–Crippen MR) is 104 cm³/mol. The standard InChI is InChI=1S/C22H23FN2O2/c1-15-12-21(24-20-11-7-5-9-18(15)20)22(26)25(16(2)14-27-3)13-17-8-4-6-10-19(17)23/h4-12,16H,13-14H2,1-3H3/t16-/m1/s1. The number of rotatable bonds is 6. The van der Waals surface area contributed by atoms with Crippen LogP contribution in [0.2, 0.25) is 0 Å². The van der Waals surface area contributed by atoms with Crippen LogP contribution in [-0.2, 0) is 11.3 Å². The number of hydrogen-bond acceptors (Lipinski definition) is 3. The van der Waals surface area contributed by atoms with E-state index >= 15 is 0 Å². The number of benzene rings is 2. The number of carbonyl (C=O) groups is 1. The molecule has 0 N–H and O–H groups in total. The Morgan fingerprint density at radius 3 is 2.63 bits per heavy atom. The number of aryl methyl sites for hydroxylation is 1. The van der Waals surface area contributed by atoms with Crippen molar-refractivity contribution in [1.82, 2.24) is 9.88 Å². The number of ether oxygens (including phenoxy) is 1. The maximum absolute atomic E-state index is 14.2. The normalized spacial score (nSPS) is 12.1. The molecule has 0 aliphatic heterocycles. The molecule has 27 heavy (non-hydrogen) atoms. The van der Waals surface area contributed by atoms with Crippen molar-refractivity contribution in [3.8, 4) is 0 Å². The molecule has 1 heterocycles. The van der Waals surface area contributed by atoms with Crippen molar-refractivity contribution >= 4 is 16.8 Å². The van der Waals surface area contributed by atoms with Gasteiger partial charge in [-0.05, 0) is 37.6 Å². The van der Waals surface area contributed by atoms with Gasteiger partial charge in [0.05, 0.1) is 18.2 Å². The first-order chi connectivity index (χ1) is 13.0. The summed E-state index contributed by atoms with van der Waals surface area (Å²) in [6.45, 7) is 4.35. The van der Waals surface area contributed by atoms with Gasteiger partial charge in [-0.25, -0.2) is 9.37 Å². The number of nitrogens with zero attached hydrogens (tertiary/aromatic N) is 2. The summed E-state index contributed by atoms with van der Waals surface area (Å²) in [6, 6.07) is 15.8. The molecule has 0 saturated carbocycles. The lowest BCUT2D eigenvalue weighted by molar-refractivity contribution is 0.0534. The smallest absolute Gasteiger partial charge is 0.273 e. The highest BCUT2D eigenvalue weighted by molar-refractivity contribution is 5.96. The Hall–Kier alpha value is -2.79. The summed E-state index contributed by atoms with van der Waals surface area (Å²) in [6.07, 6.45) is 0. The summed E-state index contributed by atoms with van der Waals surface area (Å²) in [5, 5.41) is 1.01. The van der Waals surface area contributed by atoms with Crippen LogP contribution in [0.3, 0.4) is 0 Å². The van der Waals surface area contributed by atoms with E-state index in [-0.39, 0.29) is 24.3 Å². The number of aromatic nitrogens is 1. The van der Waals surface area contributed by atoms with Gasteiger partial charge < -0.3 is 9.64 Å². The van der Waals surface area contributed by atoms with Gasteiger partial charge in [0.15, 0.2) is 0 Å². The van der Waals surface area contributed by atoms with Crippen molar-refractivity contribution in [3.63, 3.8) is 0 Å². The summed E-state index contributed by atoms with van der Waals surface area (Å²) < 4.78 is 19.4. The van der Waals surface area contributed by atoms with E-state index in [1.54, 1.807) is 36.3 Å². The summed E-state index contributed by atoms with van der Waals surface area (Å²) in [7, 11) is 1.58. The fraction of sp³-hybridized carbons (Fsp3) is 0.273. The number of methoxy groups -OCH3 is 1. The fourth-order valence-electron chi connectivity index (χ4n) is 3.18. The lowest BCUT2D eigenvalue weighted by Gasteiger charge is -2.29. The topological polar surface area (TPSA) is 42.4 Å². The van der Waals surface area contributed by atoms with Crippen molar-refractivity contribution in [2.75, 3.05) is 13.7 Å². The Morgan fingerprint density at radius 1 is 1.19 bits per heavy atom. The van der Waals surface area contributed by atoms with E-state index in [0.29, 0.717) is 17.9 Å². The molecule has 3 rings (SSSR count). The molecular weight excluding hydrogens is 343 g/mol. The molecule has 0 radical (unpaired) electrons. The molecule has 1 aromatic heterocycles. The lowest BCUT2D eigenvalue weighted by atomic mass is 10.1. The van der Waals surface area contributed by atoms with Gasteiger partial charge in [-0.1, -0.05) is 36.4 Å². The zero-order valence-corrected chi connectivity index (χ0v) is 15.8. The Labute approximate surface area is 158 Å². The molecule has 0 fully saturated rings.